The van der Waals surface area contributed by atoms with Gasteiger partial charge in [0, 0.05) is 0 Å². The minimum Gasteiger partial charge on any atom is -1.00 e. The second-order valence-electron chi connectivity index (χ2n) is 3.96. The van der Waals surface area contributed by atoms with E-state index in [2.05, 4.69) is 44.2 Å². The Bertz CT molecular complexity index is 412. The molecular weight excluding hydrogens is 322 g/mol. The summed E-state index contributed by atoms with van der Waals surface area (Å²) >= 11 is 0. The molecule has 0 spiro atoms. The molecule has 1 aromatic carbocycles. The summed E-state index contributed by atoms with van der Waals surface area (Å²) < 4.78 is 0. The van der Waals surface area contributed by atoms with Crippen molar-refractivity contribution >= 4 is 0 Å². The van der Waals surface area contributed by atoms with Crippen LogP contribution in [0.15, 0.2) is 35.9 Å². The molecule has 0 unspecified atom stereocenters. The van der Waals surface area contributed by atoms with Crippen molar-refractivity contribution in [1.29, 1.82) is 0 Å². The third-order valence-electron chi connectivity index (χ3n) is 2.68. The predicted octanol–water partition coefficient (Wildman–Crippen LogP) is -5.46. The number of hydrogen-bond acceptors (Lipinski definition) is 0. The summed E-state index contributed by atoms with van der Waals surface area (Å²) in [6.07, 6.45) is 9.62. The Balaban J connectivity index is -0.000000562. The fourth-order valence-corrected chi connectivity index (χ4v) is 1.78. The molecule has 0 fully saturated rings. The molecule has 1 aliphatic rings. The first kappa shape index (κ1) is 23.4. The first-order chi connectivity index (χ1) is 6.75. The SMILES string of the molecule is Cc1ccc(C)c(CC2=[C-]C=CC2)c1.[Cl-].[Cl-].[Cl-].[Ti+4]. The van der Waals surface area contributed by atoms with Gasteiger partial charge in [-0.05, 0) is 31.4 Å². The van der Waals surface area contributed by atoms with Crippen molar-refractivity contribution in [3.63, 3.8) is 0 Å². The Hall–Kier alpha value is 0.284. The van der Waals surface area contributed by atoms with Gasteiger partial charge in [-0.1, -0.05) is 30.2 Å². The summed E-state index contributed by atoms with van der Waals surface area (Å²) in [6.45, 7) is 4.33. The fraction of sp³-hybridized carbons (Fsp3) is 0.286. The number of benzene rings is 1. The summed E-state index contributed by atoms with van der Waals surface area (Å²) in [6, 6.07) is 6.65. The van der Waals surface area contributed by atoms with Crippen LogP contribution in [-0.2, 0) is 28.1 Å². The minimum atomic E-state index is 0. The van der Waals surface area contributed by atoms with E-state index < -0.39 is 0 Å². The van der Waals surface area contributed by atoms with Crippen LogP contribution in [0.2, 0.25) is 0 Å². The van der Waals surface area contributed by atoms with Gasteiger partial charge in [0.25, 0.3) is 0 Å². The van der Waals surface area contributed by atoms with Gasteiger partial charge in [0.1, 0.15) is 0 Å². The molecule has 0 aliphatic heterocycles. The average molecular weight is 338 g/mol. The monoisotopic (exact) mass is 336 g/mol. The molecule has 0 heterocycles. The number of hydrogen-bond donors (Lipinski definition) is 0. The summed E-state index contributed by atoms with van der Waals surface area (Å²) in [5.74, 6) is 0. The zero-order valence-corrected chi connectivity index (χ0v) is 14.3. The first-order valence-corrected chi connectivity index (χ1v) is 5.08. The number of aryl methyl sites for hydroxylation is 2. The van der Waals surface area contributed by atoms with Crippen molar-refractivity contribution in [2.45, 2.75) is 26.7 Å². The van der Waals surface area contributed by atoms with Crippen LogP contribution < -0.4 is 37.2 Å². The molecule has 0 N–H and O–H groups in total. The van der Waals surface area contributed by atoms with Crippen LogP contribution in [0.1, 0.15) is 23.1 Å². The van der Waals surface area contributed by atoms with Gasteiger partial charge in [0.05, 0.1) is 0 Å². The van der Waals surface area contributed by atoms with E-state index in [1.54, 1.807) is 0 Å². The van der Waals surface area contributed by atoms with Crippen LogP contribution in [0, 0.1) is 19.9 Å². The van der Waals surface area contributed by atoms with Gasteiger partial charge in [0.2, 0.25) is 0 Å². The van der Waals surface area contributed by atoms with Crippen molar-refractivity contribution in [2.24, 2.45) is 0 Å². The minimum absolute atomic E-state index is 0. The van der Waals surface area contributed by atoms with Crippen LogP contribution in [0.3, 0.4) is 0 Å². The first-order valence-electron chi connectivity index (χ1n) is 5.08. The maximum Gasteiger partial charge on any atom is 4.00 e. The van der Waals surface area contributed by atoms with E-state index in [1.165, 1.54) is 22.3 Å². The van der Waals surface area contributed by atoms with Crippen LogP contribution in [0.4, 0.5) is 0 Å². The van der Waals surface area contributed by atoms with Crippen LogP contribution in [0.25, 0.3) is 0 Å². The molecule has 0 saturated heterocycles. The molecular formula is C14H15Cl3Ti. The Kier molecular flexibility index (Phi) is 14.5. The normalized spacial score (nSPS) is 11.3. The molecule has 0 radical (unpaired) electrons. The molecule has 0 atom stereocenters. The molecule has 0 bridgehead atoms. The Morgan fingerprint density at radius 2 is 1.78 bits per heavy atom. The quantitative estimate of drug-likeness (QED) is 0.373. The van der Waals surface area contributed by atoms with Gasteiger partial charge in [0.15, 0.2) is 0 Å². The molecule has 0 nitrogen and oxygen atoms in total. The third kappa shape index (κ3) is 6.45. The van der Waals surface area contributed by atoms with Gasteiger partial charge >= 0.3 is 21.7 Å². The van der Waals surface area contributed by atoms with E-state index >= 15 is 0 Å². The summed E-state index contributed by atoms with van der Waals surface area (Å²) in [7, 11) is 0. The van der Waals surface area contributed by atoms with Crippen molar-refractivity contribution in [2.75, 3.05) is 0 Å². The molecule has 2 rings (SSSR count). The van der Waals surface area contributed by atoms with Gasteiger partial charge in [-0.15, -0.1) is 0 Å². The van der Waals surface area contributed by atoms with Gasteiger partial charge in [-0.2, -0.15) is 5.57 Å². The molecule has 4 heteroatoms. The second kappa shape index (κ2) is 11.1. The molecule has 0 aromatic heterocycles. The molecule has 0 amide bonds. The van der Waals surface area contributed by atoms with Crippen molar-refractivity contribution in [1.82, 2.24) is 0 Å². The topological polar surface area (TPSA) is 0 Å². The standard InChI is InChI=1S/C14H15.3ClH.Ti/c1-11-7-8-12(2)14(9-11)10-13-5-3-4-6-13;;;;/h3-4,7-9H,5,10H2,1-2H3;3*1H;/q-1;;;;+4/p-3. The van der Waals surface area contributed by atoms with Crippen molar-refractivity contribution in [3.05, 3.63) is 58.7 Å². The van der Waals surface area contributed by atoms with Crippen LogP contribution in [0.5, 0.6) is 0 Å². The van der Waals surface area contributed by atoms with Gasteiger partial charge in [-0.25, -0.2) is 12.2 Å². The number of rotatable bonds is 2. The smallest absolute Gasteiger partial charge is 1.00 e. The average Bonchev–Trinajstić information content (AvgIpc) is 2.64. The summed E-state index contributed by atoms with van der Waals surface area (Å²) in [4.78, 5) is 0. The zero-order valence-electron chi connectivity index (χ0n) is 10.4. The molecule has 0 saturated carbocycles. The van der Waals surface area contributed by atoms with E-state index in [0.717, 1.165) is 12.8 Å². The fourth-order valence-electron chi connectivity index (χ4n) is 1.78. The second-order valence-corrected chi connectivity index (χ2v) is 3.96. The van der Waals surface area contributed by atoms with E-state index in [9.17, 15) is 0 Å². The summed E-state index contributed by atoms with van der Waals surface area (Å²) in [5, 5.41) is 0. The molecule has 18 heavy (non-hydrogen) atoms. The van der Waals surface area contributed by atoms with Crippen LogP contribution in [-0.4, -0.2) is 0 Å². The maximum atomic E-state index is 3.29. The predicted molar refractivity (Wildman–Crippen MR) is 60.1 cm³/mol. The van der Waals surface area contributed by atoms with E-state index in [0.29, 0.717) is 0 Å². The van der Waals surface area contributed by atoms with E-state index in [-0.39, 0.29) is 58.9 Å². The molecule has 1 aromatic rings. The largest absolute Gasteiger partial charge is 4.00 e. The number of allylic oxidation sites excluding steroid dienone is 4. The third-order valence-corrected chi connectivity index (χ3v) is 2.68. The Morgan fingerprint density at radius 1 is 1.11 bits per heavy atom. The van der Waals surface area contributed by atoms with E-state index in [4.69, 9.17) is 0 Å². The molecule has 96 valence electrons. The van der Waals surface area contributed by atoms with Gasteiger partial charge < -0.3 is 37.2 Å². The Morgan fingerprint density at radius 3 is 2.33 bits per heavy atom. The zero-order chi connectivity index (χ0) is 9.97. The van der Waals surface area contributed by atoms with Crippen molar-refractivity contribution < 1.29 is 58.9 Å². The summed E-state index contributed by atoms with van der Waals surface area (Å²) in [5.41, 5.74) is 5.57. The van der Waals surface area contributed by atoms with Gasteiger partial charge in [-0.3, -0.25) is 6.08 Å². The maximum absolute atomic E-state index is 3.29. The van der Waals surface area contributed by atoms with Crippen LogP contribution >= 0.6 is 0 Å². The molecule has 1 aliphatic carbocycles. The number of halogens is 3. The van der Waals surface area contributed by atoms with E-state index in [1.807, 2.05) is 6.08 Å². The van der Waals surface area contributed by atoms with Crippen molar-refractivity contribution in [3.8, 4) is 0 Å². The Labute approximate surface area is 143 Å².